The van der Waals surface area contributed by atoms with Crippen molar-refractivity contribution in [3.63, 3.8) is 0 Å². The van der Waals surface area contributed by atoms with Crippen molar-refractivity contribution in [1.82, 2.24) is 10.2 Å². The number of urea groups is 1. The van der Waals surface area contributed by atoms with Crippen molar-refractivity contribution in [2.24, 2.45) is 0 Å². The number of aliphatic hydroxyl groups is 1. The van der Waals surface area contributed by atoms with Crippen LogP contribution in [0.4, 0.5) is 4.79 Å². The van der Waals surface area contributed by atoms with E-state index in [-0.39, 0.29) is 24.9 Å². The van der Waals surface area contributed by atoms with Crippen LogP contribution >= 0.6 is 0 Å². The first-order valence-corrected chi connectivity index (χ1v) is 5.39. The highest BCUT2D eigenvalue weighted by Gasteiger charge is 2.12. The lowest BCUT2D eigenvalue weighted by Gasteiger charge is -2.18. The molecule has 3 N–H and O–H groups in total. The molecule has 0 aliphatic carbocycles. The fraction of sp³-hybridized carbons (Fsp3) is 0.455. The van der Waals surface area contributed by atoms with Gasteiger partial charge in [0.1, 0.15) is 5.76 Å². The van der Waals surface area contributed by atoms with Gasteiger partial charge in [-0.3, -0.25) is 0 Å². The first-order chi connectivity index (χ1) is 8.40. The zero-order valence-corrected chi connectivity index (χ0v) is 10.2. The van der Waals surface area contributed by atoms with E-state index in [2.05, 4.69) is 5.32 Å². The van der Waals surface area contributed by atoms with Crippen LogP contribution in [0.15, 0.2) is 16.5 Å². The fourth-order valence-corrected chi connectivity index (χ4v) is 1.36. The van der Waals surface area contributed by atoms with Gasteiger partial charge in [-0.05, 0) is 19.1 Å². The summed E-state index contributed by atoms with van der Waals surface area (Å²) in [5.74, 6) is -0.971. The minimum atomic E-state index is -1.15. The van der Waals surface area contributed by atoms with Gasteiger partial charge in [0.05, 0.1) is 12.6 Å². The van der Waals surface area contributed by atoms with Crippen molar-refractivity contribution < 1.29 is 24.2 Å². The molecule has 1 rings (SSSR count). The second-order valence-electron chi connectivity index (χ2n) is 3.96. The van der Waals surface area contributed by atoms with Crippen molar-refractivity contribution >= 4 is 12.0 Å². The molecule has 0 bridgehead atoms. The third kappa shape index (κ3) is 4.10. The lowest BCUT2D eigenvalue weighted by molar-refractivity contribution is 0.0660. The molecule has 0 aromatic carbocycles. The van der Waals surface area contributed by atoms with Crippen molar-refractivity contribution in [1.29, 1.82) is 0 Å². The van der Waals surface area contributed by atoms with Crippen LogP contribution in [-0.2, 0) is 6.54 Å². The number of carboxylic acids is 1. The van der Waals surface area contributed by atoms with Gasteiger partial charge in [-0.15, -0.1) is 0 Å². The SMILES string of the molecule is CC(O)CN(C)C(=O)NCc1ccc(C(=O)O)o1. The Balaban J connectivity index is 2.44. The van der Waals surface area contributed by atoms with Gasteiger partial charge in [0.25, 0.3) is 0 Å². The maximum Gasteiger partial charge on any atom is 0.371 e. The zero-order chi connectivity index (χ0) is 13.7. The number of furan rings is 1. The van der Waals surface area contributed by atoms with Crippen molar-refractivity contribution in [3.8, 4) is 0 Å². The molecular weight excluding hydrogens is 240 g/mol. The highest BCUT2D eigenvalue weighted by atomic mass is 16.4. The van der Waals surface area contributed by atoms with E-state index >= 15 is 0 Å². The highest BCUT2D eigenvalue weighted by Crippen LogP contribution is 2.07. The summed E-state index contributed by atoms with van der Waals surface area (Å²) in [5, 5.41) is 20.3. The lowest BCUT2D eigenvalue weighted by atomic mass is 10.4. The highest BCUT2D eigenvalue weighted by molar-refractivity contribution is 5.84. The summed E-state index contributed by atoms with van der Waals surface area (Å²) in [4.78, 5) is 23.4. The van der Waals surface area contributed by atoms with Gasteiger partial charge in [-0.1, -0.05) is 0 Å². The summed E-state index contributed by atoms with van der Waals surface area (Å²) < 4.78 is 4.97. The minimum absolute atomic E-state index is 0.0935. The summed E-state index contributed by atoms with van der Waals surface area (Å²) in [7, 11) is 1.55. The third-order valence-corrected chi connectivity index (χ3v) is 2.17. The number of nitrogens with one attached hydrogen (secondary N) is 1. The van der Waals surface area contributed by atoms with E-state index in [9.17, 15) is 9.59 Å². The van der Waals surface area contributed by atoms with Crippen LogP contribution in [0.1, 0.15) is 23.2 Å². The number of carbonyl (C=O) groups is 2. The average molecular weight is 256 g/mol. The monoisotopic (exact) mass is 256 g/mol. The van der Waals surface area contributed by atoms with E-state index in [1.165, 1.54) is 17.0 Å². The number of amides is 2. The topological polar surface area (TPSA) is 103 Å². The molecular formula is C11H16N2O5. The Hall–Kier alpha value is -2.02. The summed E-state index contributed by atoms with van der Waals surface area (Å²) in [5.41, 5.74) is 0. The molecule has 1 heterocycles. The van der Waals surface area contributed by atoms with Crippen LogP contribution in [0.25, 0.3) is 0 Å². The van der Waals surface area contributed by atoms with E-state index in [1.54, 1.807) is 14.0 Å². The Morgan fingerprint density at radius 1 is 1.50 bits per heavy atom. The lowest BCUT2D eigenvalue weighted by Crippen LogP contribution is -2.40. The molecule has 1 aromatic rings. The number of likely N-dealkylation sites (N-methyl/N-ethyl adjacent to an activating group) is 1. The molecule has 1 unspecified atom stereocenters. The molecule has 1 atom stereocenters. The van der Waals surface area contributed by atoms with Crippen LogP contribution in [0.2, 0.25) is 0 Å². The van der Waals surface area contributed by atoms with Crippen molar-refractivity contribution in [3.05, 3.63) is 23.7 Å². The molecule has 0 saturated heterocycles. The molecule has 0 aliphatic heterocycles. The molecule has 100 valence electrons. The largest absolute Gasteiger partial charge is 0.475 e. The maximum absolute atomic E-state index is 11.5. The molecule has 0 radical (unpaired) electrons. The third-order valence-electron chi connectivity index (χ3n) is 2.17. The van der Waals surface area contributed by atoms with Gasteiger partial charge in [-0.2, -0.15) is 0 Å². The summed E-state index contributed by atoms with van der Waals surface area (Å²) in [6, 6.07) is 2.44. The van der Waals surface area contributed by atoms with Crippen LogP contribution in [0.3, 0.4) is 0 Å². The minimum Gasteiger partial charge on any atom is -0.475 e. The molecule has 1 aromatic heterocycles. The number of aliphatic hydroxyl groups excluding tert-OH is 1. The van der Waals surface area contributed by atoms with Crippen LogP contribution < -0.4 is 5.32 Å². The van der Waals surface area contributed by atoms with Crippen LogP contribution in [0, 0.1) is 0 Å². The van der Waals surface area contributed by atoms with E-state index in [4.69, 9.17) is 14.6 Å². The van der Waals surface area contributed by atoms with Gasteiger partial charge in [0.2, 0.25) is 5.76 Å². The van der Waals surface area contributed by atoms with Gasteiger partial charge in [-0.25, -0.2) is 9.59 Å². The molecule has 0 spiro atoms. The summed E-state index contributed by atoms with van der Waals surface area (Å²) in [6.07, 6.45) is -0.608. The number of aromatic carboxylic acids is 1. The normalized spacial score (nSPS) is 11.9. The van der Waals surface area contributed by atoms with Gasteiger partial charge >= 0.3 is 12.0 Å². The Bertz CT molecular complexity index is 427. The van der Waals surface area contributed by atoms with Crippen molar-refractivity contribution in [2.75, 3.05) is 13.6 Å². The summed E-state index contributed by atoms with van der Waals surface area (Å²) in [6.45, 7) is 1.88. The standard InChI is InChI=1S/C11H16N2O5/c1-7(14)6-13(2)11(17)12-5-8-3-4-9(18-8)10(15)16/h3-4,7,14H,5-6H2,1-2H3,(H,12,17)(H,15,16). The van der Waals surface area contributed by atoms with Crippen LogP contribution in [0.5, 0.6) is 0 Å². The number of hydrogen-bond acceptors (Lipinski definition) is 4. The number of carboxylic acid groups (broad SMARTS) is 1. The molecule has 7 nitrogen and oxygen atoms in total. The van der Waals surface area contributed by atoms with E-state index < -0.39 is 12.1 Å². The Kier molecular flexibility index (Phi) is 4.73. The van der Waals surface area contributed by atoms with Gasteiger partial charge in [0, 0.05) is 13.6 Å². The first kappa shape index (κ1) is 14.0. The number of nitrogens with zero attached hydrogens (tertiary/aromatic N) is 1. The van der Waals surface area contributed by atoms with Gasteiger partial charge in [0.15, 0.2) is 0 Å². The van der Waals surface area contributed by atoms with E-state index in [0.29, 0.717) is 5.76 Å². The average Bonchev–Trinajstić information content (AvgIpc) is 2.73. The van der Waals surface area contributed by atoms with Crippen LogP contribution in [-0.4, -0.2) is 46.8 Å². The number of hydrogen-bond donors (Lipinski definition) is 3. The zero-order valence-electron chi connectivity index (χ0n) is 10.2. The molecule has 0 aliphatic rings. The molecule has 18 heavy (non-hydrogen) atoms. The summed E-state index contributed by atoms with van der Waals surface area (Å²) >= 11 is 0. The Morgan fingerprint density at radius 3 is 2.67 bits per heavy atom. The number of rotatable bonds is 5. The maximum atomic E-state index is 11.5. The second-order valence-corrected chi connectivity index (χ2v) is 3.96. The van der Waals surface area contributed by atoms with E-state index in [1.807, 2.05) is 0 Å². The molecule has 7 heteroatoms. The Morgan fingerprint density at radius 2 is 2.17 bits per heavy atom. The molecule has 0 fully saturated rings. The predicted molar refractivity (Wildman–Crippen MR) is 62.2 cm³/mol. The fourth-order valence-electron chi connectivity index (χ4n) is 1.36. The Labute approximate surface area is 104 Å². The molecule has 0 saturated carbocycles. The van der Waals surface area contributed by atoms with E-state index in [0.717, 1.165) is 0 Å². The quantitative estimate of drug-likeness (QED) is 0.711. The number of carbonyl (C=O) groups excluding carboxylic acids is 1. The molecule has 2 amide bonds. The van der Waals surface area contributed by atoms with Gasteiger partial charge < -0.3 is 24.8 Å². The van der Waals surface area contributed by atoms with Crippen molar-refractivity contribution in [2.45, 2.75) is 19.6 Å². The second kappa shape index (κ2) is 6.06. The predicted octanol–water partition coefficient (Wildman–Crippen LogP) is 0.500. The first-order valence-electron chi connectivity index (χ1n) is 5.39. The smallest absolute Gasteiger partial charge is 0.371 e.